The molecule has 1 fully saturated rings. The van der Waals surface area contributed by atoms with Gasteiger partial charge in [-0.25, -0.2) is 0 Å². The Labute approximate surface area is 134 Å². The van der Waals surface area contributed by atoms with Gasteiger partial charge in [-0.05, 0) is 26.0 Å². The van der Waals surface area contributed by atoms with Gasteiger partial charge in [0, 0.05) is 43.9 Å². The van der Waals surface area contributed by atoms with Crippen LogP contribution in [0.1, 0.15) is 26.2 Å². The van der Waals surface area contributed by atoms with Gasteiger partial charge in [0.25, 0.3) is 0 Å². The second-order valence-corrected chi connectivity index (χ2v) is 5.81. The monoisotopic (exact) mass is 316 g/mol. The van der Waals surface area contributed by atoms with Gasteiger partial charge in [0.1, 0.15) is 0 Å². The first-order valence-electron chi connectivity index (χ1n) is 7.78. The van der Waals surface area contributed by atoms with E-state index in [2.05, 4.69) is 15.1 Å². The van der Waals surface area contributed by atoms with E-state index in [0.29, 0.717) is 37.6 Å². The number of aromatic nitrogens is 3. The lowest BCUT2D eigenvalue weighted by atomic mass is 10.2. The van der Waals surface area contributed by atoms with E-state index < -0.39 is 0 Å². The Morgan fingerprint density at radius 3 is 2.83 bits per heavy atom. The second kappa shape index (κ2) is 6.87. The van der Waals surface area contributed by atoms with Gasteiger partial charge in [0.2, 0.25) is 17.6 Å². The number of hydrogen-bond acceptors (Lipinski definition) is 6. The van der Waals surface area contributed by atoms with Gasteiger partial charge in [-0.15, -0.1) is 0 Å². The van der Waals surface area contributed by atoms with Crippen molar-refractivity contribution >= 4 is 5.91 Å². The van der Waals surface area contributed by atoms with Crippen molar-refractivity contribution in [3.8, 4) is 11.4 Å². The molecule has 0 radical (unpaired) electrons. The van der Waals surface area contributed by atoms with E-state index in [4.69, 9.17) is 9.26 Å². The minimum absolute atomic E-state index is 0.0725. The maximum absolute atomic E-state index is 12.3. The van der Waals surface area contributed by atoms with E-state index in [0.717, 1.165) is 5.56 Å². The molecule has 0 N–H and O–H groups in total. The molecule has 1 aliphatic rings. The van der Waals surface area contributed by atoms with Gasteiger partial charge in [-0.1, -0.05) is 5.16 Å². The average molecular weight is 316 g/mol. The van der Waals surface area contributed by atoms with Crippen molar-refractivity contribution in [1.29, 1.82) is 0 Å². The van der Waals surface area contributed by atoms with Crippen molar-refractivity contribution < 1.29 is 14.1 Å². The summed E-state index contributed by atoms with van der Waals surface area (Å²) in [5.74, 6) is 1.05. The molecule has 2 aromatic heterocycles. The smallest absolute Gasteiger partial charge is 0.227 e. The highest BCUT2D eigenvalue weighted by atomic mass is 16.5. The van der Waals surface area contributed by atoms with Crippen LogP contribution in [0.15, 0.2) is 29.0 Å². The van der Waals surface area contributed by atoms with Crippen molar-refractivity contribution in [2.24, 2.45) is 0 Å². The molecule has 2 aromatic rings. The Hall–Kier alpha value is -2.28. The third-order valence-corrected chi connectivity index (χ3v) is 3.71. The normalized spacial score (nSPS) is 21.4. The quantitative estimate of drug-likeness (QED) is 0.854. The van der Waals surface area contributed by atoms with Gasteiger partial charge in [0.15, 0.2) is 0 Å². The summed E-state index contributed by atoms with van der Waals surface area (Å²) in [4.78, 5) is 22.5. The molecule has 0 saturated carbocycles. The summed E-state index contributed by atoms with van der Waals surface area (Å²) in [5, 5.41) is 3.93. The highest BCUT2D eigenvalue weighted by Crippen LogP contribution is 2.16. The Morgan fingerprint density at radius 2 is 2.13 bits per heavy atom. The van der Waals surface area contributed by atoms with Crippen LogP contribution in [0, 0.1) is 0 Å². The lowest BCUT2D eigenvalue weighted by Crippen LogP contribution is -2.48. The predicted octanol–water partition coefficient (Wildman–Crippen LogP) is 1.70. The minimum atomic E-state index is 0.0725. The number of ether oxygens (including phenoxy) is 1. The second-order valence-electron chi connectivity index (χ2n) is 5.81. The molecule has 3 rings (SSSR count). The zero-order chi connectivity index (χ0) is 16.2. The zero-order valence-corrected chi connectivity index (χ0v) is 13.3. The van der Waals surface area contributed by atoms with Crippen molar-refractivity contribution in [3.63, 3.8) is 0 Å². The van der Waals surface area contributed by atoms with Crippen LogP contribution >= 0.6 is 0 Å². The van der Waals surface area contributed by atoms with E-state index in [-0.39, 0.29) is 18.1 Å². The summed E-state index contributed by atoms with van der Waals surface area (Å²) in [6.45, 7) is 5.23. The molecule has 23 heavy (non-hydrogen) atoms. The van der Waals surface area contributed by atoms with Crippen LogP contribution in [0.25, 0.3) is 11.4 Å². The summed E-state index contributed by atoms with van der Waals surface area (Å²) in [6.07, 6.45) is 4.30. The maximum atomic E-state index is 12.3. The van der Waals surface area contributed by atoms with Crippen molar-refractivity contribution in [2.45, 2.75) is 38.9 Å². The molecule has 0 aromatic carbocycles. The predicted molar refractivity (Wildman–Crippen MR) is 82.4 cm³/mol. The van der Waals surface area contributed by atoms with Crippen molar-refractivity contribution in [1.82, 2.24) is 20.0 Å². The molecule has 0 aliphatic carbocycles. The molecule has 1 amide bonds. The first-order chi connectivity index (χ1) is 11.1. The number of carbonyl (C=O) groups excluding carboxylic acids is 1. The van der Waals surface area contributed by atoms with Crippen LogP contribution in [0.3, 0.4) is 0 Å². The first-order valence-corrected chi connectivity index (χ1v) is 7.78. The summed E-state index contributed by atoms with van der Waals surface area (Å²) in [5.41, 5.74) is 0.796. The molecule has 7 heteroatoms. The molecule has 7 nitrogen and oxygen atoms in total. The number of morpholine rings is 1. The van der Waals surface area contributed by atoms with E-state index in [1.807, 2.05) is 30.9 Å². The number of carbonyl (C=O) groups is 1. The molecule has 122 valence electrons. The fourth-order valence-corrected chi connectivity index (χ4v) is 2.72. The Bertz CT molecular complexity index is 648. The van der Waals surface area contributed by atoms with Crippen molar-refractivity contribution in [3.05, 3.63) is 30.4 Å². The summed E-state index contributed by atoms with van der Waals surface area (Å²) in [7, 11) is 0. The van der Waals surface area contributed by atoms with Crippen LogP contribution in [-0.2, 0) is 16.0 Å². The van der Waals surface area contributed by atoms with E-state index in [9.17, 15) is 4.79 Å². The Kier molecular flexibility index (Phi) is 4.66. The van der Waals surface area contributed by atoms with Gasteiger partial charge in [-0.3, -0.25) is 9.78 Å². The largest absolute Gasteiger partial charge is 0.372 e. The first kappa shape index (κ1) is 15.6. The summed E-state index contributed by atoms with van der Waals surface area (Å²) >= 11 is 0. The summed E-state index contributed by atoms with van der Waals surface area (Å²) in [6, 6.07) is 3.68. The summed E-state index contributed by atoms with van der Waals surface area (Å²) < 4.78 is 10.9. The third-order valence-electron chi connectivity index (χ3n) is 3.71. The fourth-order valence-electron chi connectivity index (χ4n) is 2.72. The highest BCUT2D eigenvalue weighted by Gasteiger charge is 2.25. The van der Waals surface area contributed by atoms with Gasteiger partial charge in [-0.2, -0.15) is 4.98 Å². The molecule has 0 spiro atoms. The molecular weight excluding hydrogens is 296 g/mol. The Morgan fingerprint density at radius 1 is 1.35 bits per heavy atom. The number of aryl methyl sites for hydroxylation is 1. The third kappa shape index (κ3) is 3.92. The topological polar surface area (TPSA) is 81.4 Å². The van der Waals surface area contributed by atoms with Crippen LogP contribution in [0.2, 0.25) is 0 Å². The van der Waals surface area contributed by atoms with Crippen LogP contribution in [0.5, 0.6) is 0 Å². The van der Waals surface area contributed by atoms with Gasteiger partial charge in [0.05, 0.1) is 12.2 Å². The zero-order valence-electron chi connectivity index (χ0n) is 13.3. The number of pyridine rings is 1. The molecule has 1 saturated heterocycles. The van der Waals surface area contributed by atoms with Gasteiger partial charge >= 0.3 is 0 Å². The molecule has 0 bridgehead atoms. The molecule has 3 heterocycles. The molecular formula is C16H20N4O3. The molecule has 1 aliphatic heterocycles. The van der Waals surface area contributed by atoms with Gasteiger partial charge < -0.3 is 14.2 Å². The van der Waals surface area contributed by atoms with Crippen molar-refractivity contribution in [2.75, 3.05) is 13.1 Å². The fraction of sp³-hybridized carbons (Fsp3) is 0.500. The number of rotatable bonds is 4. The highest BCUT2D eigenvalue weighted by molar-refractivity contribution is 5.76. The maximum Gasteiger partial charge on any atom is 0.227 e. The standard InChI is InChI=1S/C16H20N4O3/c1-11-9-20(10-12(2)22-11)15(21)6-5-14-18-16(19-23-14)13-4-3-7-17-8-13/h3-4,7-8,11-12H,5-6,9-10H2,1-2H3/t11-,12+. The van der Waals surface area contributed by atoms with E-state index in [1.165, 1.54) is 0 Å². The number of nitrogens with zero attached hydrogens (tertiary/aromatic N) is 4. The lowest BCUT2D eigenvalue weighted by molar-refractivity contribution is -0.143. The van der Waals surface area contributed by atoms with E-state index >= 15 is 0 Å². The van der Waals surface area contributed by atoms with Crippen LogP contribution in [0.4, 0.5) is 0 Å². The van der Waals surface area contributed by atoms with E-state index in [1.54, 1.807) is 12.4 Å². The molecule has 2 atom stereocenters. The van der Waals surface area contributed by atoms with Crippen LogP contribution < -0.4 is 0 Å². The SMILES string of the molecule is C[C@@H]1CN(C(=O)CCc2nc(-c3cccnc3)no2)C[C@H](C)O1. The lowest BCUT2D eigenvalue weighted by Gasteiger charge is -2.35. The molecule has 0 unspecified atom stereocenters. The number of amides is 1. The number of hydrogen-bond donors (Lipinski definition) is 0. The van der Waals surface area contributed by atoms with Crippen LogP contribution in [-0.4, -0.2) is 51.2 Å². The minimum Gasteiger partial charge on any atom is -0.372 e. The Balaban J connectivity index is 1.56. The average Bonchev–Trinajstić information content (AvgIpc) is 3.01.